The minimum atomic E-state index is -1.30. The van der Waals surface area contributed by atoms with Crippen molar-refractivity contribution in [2.45, 2.75) is 12.0 Å². The minimum Gasteiger partial charge on any atom is -0.507 e. The molecule has 0 saturated carbocycles. The van der Waals surface area contributed by atoms with E-state index in [1.165, 1.54) is 0 Å². The van der Waals surface area contributed by atoms with E-state index >= 15 is 0 Å². The molecule has 4 aromatic rings. The van der Waals surface area contributed by atoms with Gasteiger partial charge in [-0.1, -0.05) is 66.7 Å². The summed E-state index contributed by atoms with van der Waals surface area (Å²) in [4.78, 5) is 34.8. The second-order valence-electron chi connectivity index (χ2n) is 7.53. The lowest BCUT2D eigenvalue weighted by Crippen LogP contribution is -2.32. The smallest absolute Gasteiger partial charge is 0.168 e. The third-order valence-electron chi connectivity index (χ3n) is 5.15. The summed E-state index contributed by atoms with van der Waals surface area (Å²) in [6, 6.07) is 23.8. The highest BCUT2D eigenvalue weighted by molar-refractivity contribution is 5.95. The summed E-state index contributed by atoms with van der Waals surface area (Å²) in [6.07, 6.45) is 7.25. The maximum Gasteiger partial charge on any atom is 0.168 e. The lowest BCUT2D eigenvalue weighted by atomic mass is 9.87. The Morgan fingerprint density at radius 3 is 2.24 bits per heavy atom. The highest BCUT2D eigenvalue weighted by atomic mass is 16.3. The van der Waals surface area contributed by atoms with Gasteiger partial charge in [-0.15, -0.1) is 0 Å². The van der Waals surface area contributed by atoms with E-state index in [9.17, 15) is 24.6 Å². The van der Waals surface area contributed by atoms with Gasteiger partial charge in [0.2, 0.25) is 0 Å². The maximum absolute atomic E-state index is 10.6. The molecule has 0 bridgehead atoms. The summed E-state index contributed by atoms with van der Waals surface area (Å²) < 4.78 is 0. The fourth-order valence-electron chi connectivity index (χ4n) is 3.35. The number of hydrogen-bond acceptors (Lipinski definition) is 6. The lowest BCUT2D eigenvalue weighted by Gasteiger charge is -2.22. The first-order valence-electron chi connectivity index (χ1n) is 10.5. The molecule has 1 aliphatic rings. The zero-order valence-electron chi connectivity index (χ0n) is 18.2. The van der Waals surface area contributed by atoms with Crippen LogP contribution < -0.4 is 0 Å². The molecule has 1 heterocycles. The van der Waals surface area contributed by atoms with Gasteiger partial charge in [-0.2, -0.15) is 0 Å². The van der Waals surface area contributed by atoms with Crippen molar-refractivity contribution in [3.8, 4) is 5.75 Å². The zero-order valence-corrected chi connectivity index (χ0v) is 18.2. The van der Waals surface area contributed by atoms with Crippen LogP contribution in [0.1, 0.15) is 32.0 Å². The number of pyridine rings is 1. The number of phenols is 1. The van der Waals surface area contributed by atoms with Gasteiger partial charge in [0, 0.05) is 18.0 Å². The summed E-state index contributed by atoms with van der Waals surface area (Å²) in [5.74, 6) is 0.0631. The molecule has 0 saturated heterocycles. The molecular formula is C28H23NO5. The van der Waals surface area contributed by atoms with E-state index in [0.29, 0.717) is 35.6 Å². The number of aromatic hydroxyl groups is 1. The van der Waals surface area contributed by atoms with Gasteiger partial charge < -0.3 is 10.2 Å². The van der Waals surface area contributed by atoms with Crippen LogP contribution in [-0.4, -0.2) is 39.7 Å². The molecule has 0 spiro atoms. The van der Waals surface area contributed by atoms with E-state index < -0.39 is 5.60 Å². The highest BCUT2D eigenvalue weighted by Gasteiger charge is 2.26. The van der Waals surface area contributed by atoms with Gasteiger partial charge in [0.05, 0.1) is 5.56 Å². The molecule has 3 aromatic carbocycles. The Hall–Kier alpha value is -4.42. The van der Waals surface area contributed by atoms with Crippen LogP contribution >= 0.6 is 0 Å². The molecule has 1 aromatic heterocycles. The van der Waals surface area contributed by atoms with Crippen molar-refractivity contribution in [2.75, 3.05) is 0 Å². The van der Waals surface area contributed by atoms with Crippen LogP contribution in [0.15, 0.2) is 91.1 Å². The molecule has 1 unspecified atom stereocenters. The standard InChI is InChI=1S/C11H10O2.C11H8O2.C6H5NO/c12-8-11(13)6-5-9-3-1-2-4-10(9)7-11;12-7-9-6-5-8-3-1-2-4-10(8)11(9)13;8-5-6-3-1-2-4-7-6/h1-6,8,13H,7H2;1-7,13H;1-5H. The van der Waals surface area contributed by atoms with Gasteiger partial charge in [-0.25, -0.2) is 0 Å². The maximum atomic E-state index is 10.6. The number of fused-ring (bicyclic) bond motifs is 2. The van der Waals surface area contributed by atoms with Crippen molar-refractivity contribution >= 4 is 35.7 Å². The lowest BCUT2D eigenvalue weighted by molar-refractivity contribution is -0.119. The molecule has 0 aliphatic heterocycles. The number of hydrogen-bond donors (Lipinski definition) is 2. The Labute approximate surface area is 196 Å². The van der Waals surface area contributed by atoms with E-state index in [-0.39, 0.29) is 5.75 Å². The van der Waals surface area contributed by atoms with Gasteiger partial charge in [-0.3, -0.25) is 19.4 Å². The topological polar surface area (TPSA) is 105 Å². The van der Waals surface area contributed by atoms with Crippen LogP contribution in [0, 0.1) is 0 Å². The van der Waals surface area contributed by atoms with Crippen molar-refractivity contribution in [1.29, 1.82) is 0 Å². The number of benzene rings is 3. The number of aldehydes is 3. The van der Waals surface area contributed by atoms with Gasteiger partial charge >= 0.3 is 0 Å². The molecule has 0 fully saturated rings. The first kappa shape index (κ1) is 24.2. The van der Waals surface area contributed by atoms with Crippen molar-refractivity contribution in [3.05, 3.63) is 114 Å². The Kier molecular flexibility index (Phi) is 8.16. The second-order valence-corrected chi connectivity index (χ2v) is 7.53. The van der Waals surface area contributed by atoms with Crippen LogP contribution in [0.5, 0.6) is 5.75 Å². The third-order valence-corrected chi connectivity index (χ3v) is 5.15. The fraction of sp³-hybridized carbons (Fsp3) is 0.0714. The largest absolute Gasteiger partial charge is 0.507 e. The molecule has 1 aliphatic carbocycles. The van der Waals surface area contributed by atoms with Crippen molar-refractivity contribution in [2.24, 2.45) is 0 Å². The van der Waals surface area contributed by atoms with E-state index in [2.05, 4.69) is 4.98 Å². The van der Waals surface area contributed by atoms with Crippen LogP contribution in [0.4, 0.5) is 0 Å². The third kappa shape index (κ3) is 6.09. The van der Waals surface area contributed by atoms with Crippen molar-refractivity contribution in [1.82, 2.24) is 4.98 Å². The quantitative estimate of drug-likeness (QED) is 0.445. The summed E-state index contributed by atoms with van der Waals surface area (Å²) in [6.45, 7) is 0. The Balaban J connectivity index is 0.000000148. The molecule has 6 heteroatoms. The summed E-state index contributed by atoms with van der Waals surface area (Å²) in [7, 11) is 0. The van der Waals surface area contributed by atoms with E-state index in [1.807, 2.05) is 48.5 Å². The summed E-state index contributed by atoms with van der Waals surface area (Å²) in [5, 5.41) is 20.9. The number of aliphatic hydroxyl groups is 1. The van der Waals surface area contributed by atoms with Gasteiger partial charge in [0.1, 0.15) is 17.0 Å². The number of aromatic nitrogens is 1. The highest BCUT2D eigenvalue weighted by Crippen LogP contribution is 2.27. The van der Waals surface area contributed by atoms with Crippen LogP contribution in [0.2, 0.25) is 0 Å². The second kappa shape index (κ2) is 11.4. The molecule has 1 atom stereocenters. The van der Waals surface area contributed by atoms with Crippen LogP contribution in [0.25, 0.3) is 16.8 Å². The van der Waals surface area contributed by atoms with Gasteiger partial charge in [0.15, 0.2) is 18.9 Å². The fourth-order valence-corrected chi connectivity index (χ4v) is 3.35. The van der Waals surface area contributed by atoms with Crippen LogP contribution in [0.3, 0.4) is 0 Å². The molecule has 170 valence electrons. The van der Waals surface area contributed by atoms with E-state index in [4.69, 9.17) is 0 Å². The van der Waals surface area contributed by atoms with Gasteiger partial charge in [0.25, 0.3) is 0 Å². The zero-order chi connectivity index (χ0) is 24.4. The molecular weight excluding hydrogens is 430 g/mol. The number of carbonyl (C=O) groups excluding carboxylic acids is 3. The summed E-state index contributed by atoms with van der Waals surface area (Å²) in [5.41, 5.74) is 1.61. The molecule has 0 amide bonds. The Morgan fingerprint density at radius 1 is 0.824 bits per heavy atom. The number of phenolic OH excluding ortho intramolecular Hbond substituents is 1. The normalized spacial score (nSPS) is 15.6. The average Bonchev–Trinajstić information content (AvgIpc) is 2.90. The first-order chi connectivity index (χ1) is 16.5. The Bertz CT molecular complexity index is 1320. The molecule has 2 N–H and O–H groups in total. The number of nitrogens with zero attached hydrogens (tertiary/aromatic N) is 1. The first-order valence-corrected chi connectivity index (χ1v) is 10.5. The summed E-state index contributed by atoms with van der Waals surface area (Å²) >= 11 is 0. The van der Waals surface area contributed by atoms with Crippen molar-refractivity contribution < 1.29 is 24.6 Å². The van der Waals surface area contributed by atoms with Gasteiger partial charge in [-0.05, 0) is 40.8 Å². The molecule has 6 nitrogen and oxygen atoms in total. The number of rotatable bonds is 3. The number of carbonyl (C=O) groups is 3. The SMILES string of the molecule is O=CC1(O)C=Cc2ccccc2C1.O=Cc1ccc2ccccc2c1O.O=Cc1ccccn1. The monoisotopic (exact) mass is 453 g/mol. The van der Waals surface area contributed by atoms with Crippen molar-refractivity contribution in [3.63, 3.8) is 0 Å². The predicted octanol–water partition coefficient (Wildman–Crippen LogP) is 4.44. The molecule has 5 rings (SSSR count). The minimum absolute atomic E-state index is 0.0631. The predicted molar refractivity (Wildman–Crippen MR) is 131 cm³/mol. The van der Waals surface area contributed by atoms with E-state index in [1.54, 1.807) is 48.7 Å². The molecule has 0 radical (unpaired) electrons. The molecule has 34 heavy (non-hydrogen) atoms. The van der Waals surface area contributed by atoms with E-state index in [0.717, 1.165) is 22.8 Å². The van der Waals surface area contributed by atoms with Crippen LogP contribution in [-0.2, 0) is 11.2 Å². The Morgan fingerprint density at radius 2 is 1.56 bits per heavy atom. The average molecular weight is 453 g/mol.